The average Bonchev–Trinajstić information content (AvgIpc) is 2.45. The summed E-state index contributed by atoms with van der Waals surface area (Å²) in [5, 5.41) is 4.36. The molecule has 1 aromatic heterocycles. The molecule has 0 aliphatic heterocycles. The molecule has 0 unspecified atom stereocenters. The van der Waals surface area contributed by atoms with Crippen LogP contribution in [0.1, 0.15) is 38.8 Å². The maximum absolute atomic E-state index is 4.36. The normalized spacial score (nSPS) is 12.3. The lowest BCUT2D eigenvalue weighted by atomic mass is 9.86. The van der Waals surface area contributed by atoms with E-state index in [4.69, 9.17) is 0 Å². The quantitative estimate of drug-likeness (QED) is 0.668. The molecule has 1 N–H and O–H groups in total. The van der Waals surface area contributed by atoms with Gasteiger partial charge in [-0.05, 0) is 35.6 Å². The van der Waals surface area contributed by atoms with Gasteiger partial charge in [0.05, 0.1) is 5.71 Å². The van der Waals surface area contributed by atoms with Gasteiger partial charge in [-0.25, -0.2) is 4.98 Å². The first kappa shape index (κ1) is 14.3. The minimum Gasteiger partial charge on any atom is -0.261 e. The summed E-state index contributed by atoms with van der Waals surface area (Å²) in [4.78, 5) is 4.17. The van der Waals surface area contributed by atoms with E-state index in [0.717, 1.165) is 17.1 Å². The summed E-state index contributed by atoms with van der Waals surface area (Å²) in [6.45, 7) is 8.63. The molecule has 0 spiro atoms. The Bertz CT molecular complexity index is 578. The lowest BCUT2D eigenvalue weighted by Crippen LogP contribution is -2.11. The topological polar surface area (TPSA) is 37.3 Å². The molecule has 0 saturated heterocycles. The van der Waals surface area contributed by atoms with Gasteiger partial charge in [0.1, 0.15) is 5.82 Å². The Hall–Kier alpha value is -2.16. The van der Waals surface area contributed by atoms with E-state index in [9.17, 15) is 0 Å². The van der Waals surface area contributed by atoms with Gasteiger partial charge in [-0.1, -0.05) is 51.1 Å². The van der Waals surface area contributed by atoms with Crippen molar-refractivity contribution in [2.45, 2.75) is 33.1 Å². The van der Waals surface area contributed by atoms with Crippen LogP contribution in [0.15, 0.2) is 53.8 Å². The first-order chi connectivity index (χ1) is 9.47. The van der Waals surface area contributed by atoms with Gasteiger partial charge in [0.2, 0.25) is 0 Å². The van der Waals surface area contributed by atoms with Gasteiger partial charge in [-0.2, -0.15) is 5.10 Å². The predicted octanol–water partition coefficient (Wildman–Crippen LogP) is 4.22. The second kappa shape index (κ2) is 5.87. The van der Waals surface area contributed by atoms with Crippen molar-refractivity contribution in [1.82, 2.24) is 4.98 Å². The Morgan fingerprint density at radius 3 is 2.30 bits per heavy atom. The molecule has 0 aliphatic carbocycles. The lowest BCUT2D eigenvalue weighted by Gasteiger charge is -2.19. The smallest absolute Gasteiger partial charge is 0.146 e. The first-order valence-corrected chi connectivity index (χ1v) is 6.79. The summed E-state index contributed by atoms with van der Waals surface area (Å²) in [5.41, 5.74) is 6.52. The van der Waals surface area contributed by atoms with Gasteiger partial charge >= 0.3 is 0 Å². The van der Waals surface area contributed by atoms with Crippen LogP contribution in [0.2, 0.25) is 0 Å². The van der Waals surface area contributed by atoms with Gasteiger partial charge in [0.15, 0.2) is 0 Å². The Labute approximate surface area is 120 Å². The number of nitrogens with one attached hydrogen (secondary N) is 1. The highest BCUT2D eigenvalue weighted by Crippen LogP contribution is 2.22. The molecule has 0 radical (unpaired) electrons. The Kier molecular flexibility index (Phi) is 4.18. The number of aromatic nitrogens is 1. The second-order valence-electron chi connectivity index (χ2n) is 5.85. The molecule has 1 aromatic carbocycles. The van der Waals surface area contributed by atoms with Gasteiger partial charge < -0.3 is 0 Å². The number of anilines is 1. The number of nitrogens with zero attached hydrogens (tertiary/aromatic N) is 2. The third kappa shape index (κ3) is 3.67. The summed E-state index contributed by atoms with van der Waals surface area (Å²) in [6.07, 6.45) is 1.74. The monoisotopic (exact) mass is 267 g/mol. The van der Waals surface area contributed by atoms with Crippen LogP contribution in [0.4, 0.5) is 5.82 Å². The van der Waals surface area contributed by atoms with Crippen molar-refractivity contribution in [2.24, 2.45) is 5.10 Å². The van der Waals surface area contributed by atoms with E-state index in [1.807, 2.05) is 25.1 Å². The van der Waals surface area contributed by atoms with E-state index in [2.05, 4.69) is 60.5 Å². The van der Waals surface area contributed by atoms with E-state index in [1.165, 1.54) is 5.56 Å². The number of hydrogen-bond donors (Lipinski definition) is 1. The van der Waals surface area contributed by atoms with Gasteiger partial charge in [-0.15, -0.1) is 0 Å². The zero-order valence-electron chi connectivity index (χ0n) is 12.5. The zero-order chi connectivity index (χ0) is 14.6. The zero-order valence-corrected chi connectivity index (χ0v) is 12.5. The SMILES string of the molecule is CC(=NNc1ccccn1)c1ccc(C(C)(C)C)cc1. The molecule has 0 atom stereocenters. The van der Waals surface area contributed by atoms with E-state index in [0.29, 0.717) is 0 Å². The Balaban J connectivity index is 2.11. The first-order valence-electron chi connectivity index (χ1n) is 6.79. The molecule has 3 nitrogen and oxygen atoms in total. The minimum absolute atomic E-state index is 0.176. The van der Waals surface area contributed by atoms with Crippen molar-refractivity contribution in [3.63, 3.8) is 0 Å². The van der Waals surface area contributed by atoms with E-state index in [1.54, 1.807) is 6.20 Å². The van der Waals surface area contributed by atoms with E-state index in [-0.39, 0.29) is 5.41 Å². The van der Waals surface area contributed by atoms with Crippen LogP contribution < -0.4 is 5.43 Å². The Morgan fingerprint density at radius 1 is 1.05 bits per heavy atom. The Morgan fingerprint density at radius 2 is 1.75 bits per heavy atom. The van der Waals surface area contributed by atoms with E-state index < -0.39 is 0 Å². The highest BCUT2D eigenvalue weighted by molar-refractivity contribution is 5.99. The maximum atomic E-state index is 4.36. The number of pyridine rings is 1. The largest absolute Gasteiger partial charge is 0.261 e. The summed E-state index contributed by atoms with van der Waals surface area (Å²) >= 11 is 0. The van der Waals surface area contributed by atoms with Crippen LogP contribution in [0.25, 0.3) is 0 Å². The number of benzene rings is 1. The molecule has 1 heterocycles. The fraction of sp³-hybridized carbons (Fsp3) is 0.294. The molecular weight excluding hydrogens is 246 g/mol. The molecule has 0 fully saturated rings. The van der Waals surface area contributed by atoms with Crippen molar-refractivity contribution >= 4 is 11.5 Å². The van der Waals surface area contributed by atoms with Crippen molar-refractivity contribution in [3.8, 4) is 0 Å². The molecule has 0 amide bonds. The van der Waals surface area contributed by atoms with Crippen LogP contribution in [-0.2, 0) is 5.41 Å². The number of rotatable bonds is 3. The van der Waals surface area contributed by atoms with Crippen LogP contribution >= 0.6 is 0 Å². The van der Waals surface area contributed by atoms with Crippen LogP contribution in [0.5, 0.6) is 0 Å². The fourth-order valence-electron chi connectivity index (χ4n) is 1.85. The molecule has 104 valence electrons. The van der Waals surface area contributed by atoms with Crippen molar-refractivity contribution in [1.29, 1.82) is 0 Å². The molecule has 3 heteroatoms. The molecule has 0 bridgehead atoms. The maximum Gasteiger partial charge on any atom is 0.146 e. The van der Waals surface area contributed by atoms with Crippen LogP contribution in [0.3, 0.4) is 0 Å². The number of hydrazone groups is 1. The highest BCUT2D eigenvalue weighted by Gasteiger charge is 2.13. The molecule has 20 heavy (non-hydrogen) atoms. The molecule has 2 aromatic rings. The summed E-state index contributed by atoms with van der Waals surface area (Å²) in [7, 11) is 0. The summed E-state index contributed by atoms with van der Waals surface area (Å²) in [6, 6.07) is 14.2. The molecule has 0 saturated carbocycles. The second-order valence-corrected chi connectivity index (χ2v) is 5.85. The van der Waals surface area contributed by atoms with E-state index >= 15 is 0 Å². The minimum atomic E-state index is 0.176. The van der Waals surface area contributed by atoms with Crippen LogP contribution in [-0.4, -0.2) is 10.7 Å². The molecule has 0 aliphatic rings. The highest BCUT2D eigenvalue weighted by atomic mass is 15.3. The number of hydrogen-bond acceptors (Lipinski definition) is 3. The van der Waals surface area contributed by atoms with Gasteiger partial charge in [-0.3, -0.25) is 5.43 Å². The standard InChI is InChI=1S/C17H21N3/c1-13(19-20-16-7-5-6-12-18-16)14-8-10-15(11-9-14)17(2,3)4/h5-12H,1-4H3,(H,18,20). The predicted molar refractivity (Wildman–Crippen MR) is 85.2 cm³/mol. The van der Waals surface area contributed by atoms with Crippen molar-refractivity contribution in [2.75, 3.05) is 5.43 Å². The van der Waals surface area contributed by atoms with Crippen molar-refractivity contribution in [3.05, 3.63) is 59.8 Å². The third-order valence-corrected chi connectivity index (χ3v) is 3.17. The summed E-state index contributed by atoms with van der Waals surface area (Å²) < 4.78 is 0. The fourth-order valence-corrected chi connectivity index (χ4v) is 1.85. The van der Waals surface area contributed by atoms with Gasteiger partial charge in [0.25, 0.3) is 0 Å². The average molecular weight is 267 g/mol. The third-order valence-electron chi connectivity index (χ3n) is 3.17. The lowest BCUT2D eigenvalue weighted by molar-refractivity contribution is 0.590. The summed E-state index contributed by atoms with van der Waals surface area (Å²) in [5.74, 6) is 0.748. The molecule has 2 rings (SSSR count). The van der Waals surface area contributed by atoms with Crippen molar-refractivity contribution < 1.29 is 0 Å². The molecular formula is C17H21N3. The van der Waals surface area contributed by atoms with Crippen LogP contribution in [0, 0.1) is 0 Å². The van der Waals surface area contributed by atoms with Gasteiger partial charge in [0, 0.05) is 6.20 Å².